The minimum Gasteiger partial charge on any atom is -0.326 e. The van der Waals surface area contributed by atoms with Crippen molar-refractivity contribution >= 4 is 29.3 Å². The predicted molar refractivity (Wildman–Crippen MR) is 94.9 cm³/mol. The predicted octanol–water partition coefficient (Wildman–Crippen LogP) is 5.33. The van der Waals surface area contributed by atoms with Gasteiger partial charge in [0, 0.05) is 18.7 Å². The van der Waals surface area contributed by atoms with Crippen LogP contribution in [-0.4, -0.2) is 11.8 Å². The molecule has 0 unspecified atom stereocenters. The number of benzene rings is 2. The van der Waals surface area contributed by atoms with Gasteiger partial charge in [0.25, 0.3) is 0 Å². The Morgan fingerprint density at radius 2 is 1.48 bits per heavy atom. The molecule has 0 aromatic heterocycles. The van der Waals surface area contributed by atoms with Crippen molar-refractivity contribution in [1.29, 1.82) is 0 Å². The van der Waals surface area contributed by atoms with Crippen molar-refractivity contribution in [3.05, 3.63) is 65.2 Å². The highest BCUT2D eigenvalue weighted by Gasteiger charge is 2.34. The third-order valence-corrected chi connectivity index (χ3v) is 3.57. The molecule has 0 atom stereocenters. The molecule has 0 aliphatic rings. The van der Waals surface area contributed by atoms with E-state index in [9.17, 15) is 35.9 Å². The molecule has 0 saturated carbocycles. The van der Waals surface area contributed by atoms with Crippen molar-refractivity contribution in [3.8, 4) is 0 Å². The normalized spacial score (nSPS) is 12.1. The molecule has 2 rings (SSSR count). The maximum absolute atomic E-state index is 13.2. The average molecular weight is 416 g/mol. The molecular formula is C19H14F6N2O2. The highest BCUT2D eigenvalue weighted by Crippen LogP contribution is 2.36. The van der Waals surface area contributed by atoms with E-state index in [1.807, 2.05) is 0 Å². The zero-order valence-electron chi connectivity index (χ0n) is 14.8. The van der Waals surface area contributed by atoms with Gasteiger partial charge in [0.2, 0.25) is 11.8 Å². The molecule has 2 aromatic carbocycles. The lowest BCUT2D eigenvalue weighted by Gasteiger charge is -2.15. The van der Waals surface area contributed by atoms with E-state index < -0.39 is 41.0 Å². The first-order valence-electron chi connectivity index (χ1n) is 8.01. The lowest BCUT2D eigenvalue weighted by Crippen LogP contribution is -2.16. The third-order valence-electron chi connectivity index (χ3n) is 3.57. The van der Waals surface area contributed by atoms with Gasteiger partial charge in [0.1, 0.15) is 0 Å². The van der Waals surface area contributed by atoms with Gasteiger partial charge in [-0.2, -0.15) is 26.3 Å². The molecule has 154 valence electrons. The van der Waals surface area contributed by atoms with Gasteiger partial charge in [-0.3, -0.25) is 9.59 Å². The van der Waals surface area contributed by atoms with E-state index >= 15 is 0 Å². The second-order valence-electron chi connectivity index (χ2n) is 5.88. The first-order chi connectivity index (χ1) is 13.4. The number of anilines is 2. The molecular weight excluding hydrogens is 402 g/mol. The number of hydrogen-bond donors (Lipinski definition) is 2. The number of hydrogen-bond acceptors (Lipinski definition) is 2. The summed E-state index contributed by atoms with van der Waals surface area (Å²) in [6.07, 6.45) is -7.25. The fourth-order valence-corrected chi connectivity index (χ4v) is 2.30. The lowest BCUT2D eigenvalue weighted by atomic mass is 10.1. The summed E-state index contributed by atoms with van der Waals surface area (Å²) in [7, 11) is 0. The minimum atomic E-state index is -4.80. The Morgan fingerprint density at radius 1 is 0.862 bits per heavy atom. The van der Waals surface area contributed by atoms with E-state index in [-0.39, 0.29) is 11.3 Å². The molecule has 0 spiro atoms. The number of carbonyl (C=O) groups excluding carboxylic acids is 2. The second kappa shape index (κ2) is 8.38. The summed E-state index contributed by atoms with van der Waals surface area (Å²) in [5, 5.41) is 4.28. The van der Waals surface area contributed by atoms with Crippen LogP contribution < -0.4 is 10.6 Å². The zero-order chi connectivity index (χ0) is 21.8. The van der Waals surface area contributed by atoms with Gasteiger partial charge in [0.05, 0.1) is 16.8 Å². The van der Waals surface area contributed by atoms with E-state index in [1.165, 1.54) is 6.07 Å². The number of alkyl halides is 6. The quantitative estimate of drug-likeness (QED) is 0.523. The van der Waals surface area contributed by atoms with Crippen LogP contribution in [0.25, 0.3) is 6.08 Å². The molecule has 0 aliphatic carbocycles. The molecule has 0 bridgehead atoms. The smallest absolute Gasteiger partial charge is 0.326 e. The Hall–Kier alpha value is -3.30. The second-order valence-corrected chi connectivity index (χ2v) is 5.88. The first kappa shape index (κ1) is 22.0. The van der Waals surface area contributed by atoms with E-state index in [0.29, 0.717) is 6.07 Å². The SMILES string of the molecule is CC(=O)Nc1ccc(NC(=O)/C=C/c2ccc(C(F)(F)F)cc2)c(C(F)(F)F)c1. The average Bonchev–Trinajstić information content (AvgIpc) is 2.59. The van der Waals surface area contributed by atoms with Crippen molar-refractivity contribution in [2.24, 2.45) is 0 Å². The Kier molecular flexibility index (Phi) is 6.35. The van der Waals surface area contributed by atoms with Crippen molar-refractivity contribution in [3.63, 3.8) is 0 Å². The maximum Gasteiger partial charge on any atom is 0.418 e. The largest absolute Gasteiger partial charge is 0.418 e. The molecule has 0 radical (unpaired) electrons. The Labute approximate surface area is 161 Å². The minimum absolute atomic E-state index is 0.0943. The molecule has 0 saturated heterocycles. The Balaban J connectivity index is 2.17. The van der Waals surface area contributed by atoms with Gasteiger partial charge in [-0.25, -0.2) is 0 Å². The monoisotopic (exact) mass is 416 g/mol. The van der Waals surface area contributed by atoms with E-state index in [0.717, 1.165) is 49.4 Å². The molecule has 10 heteroatoms. The van der Waals surface area contributed by atoms with E-state index in [2.05, 4.69) is 10.6 Å². The summed E-state index contributed by atoms with van der Waals surface area (Å²) >= 11 is 0. The van der Waals surface area contributed by atoms with Crippen LogP contribution in [0.5, 0.6) is 0 Å². The van der Waals surface area contributed by atoms with Gasteiger partial charge in [0.15, 0.2) is 0 Å². The lowest BCUT2D eigenvalue weighted by molar-refractivity contribution is -0.138. The van der Waals surface area contributed by atoms with Crippen LogP contribution in [0.3, 0.4) is 0 Å². The fourth-order valence-electron chi connectivity index (χ4n) is 2.30. The molecule has 0 aliphatic heterocycles. The van der Waals surface area contributed by atoms with Crippen LogP contribution in [0, 0.1) is 0 Å². The molecule has 4 nitrogen and oxygen atoms in total. The van der Waals surface area contributed by atoms with Crippen molar-refractivity contribution < 1.29 is 35.9 Å². The number of rotatable bonds is 4. The topological polar surface area (TPSA) is 58.2 Å². The molecule has 2 aromatic rings. The van der Waals surface area contributed by atoms with E-state index in [1.54, 1.807) is 0 Å². The van der Waals surface area contributed by atoms with Crippen molar-refractivity contribution in [1.82, 2.24) is 0 Å². The van der Waals surface area contributed by atoms with Crippen LogP contribution >= 0.6 is 0 Å². The van der Waals surface area contributed by atoms with Crippen LogP contribution in [0.2, 0.25) is 0 Å². The Bertz CT molecular complexity index is 931. The highest BCUT2D eigenvalue weighted by molar-refractivity contribution is 6.02. The standard InChI is InChI=1S/C19H14F6N2O2/c1-11(28)26-14-7-8-16(15(10-14)19(23,24)25)27-17(29)9-4-12-2-5-13(6-3-12)18(20,21)22/h2-10H,1H3,(H,26,28)(H,27,29)/b9-4+. The van der Waals surface area contributed by atoms with Gasteiger partial charge < -0.3 is 10.6 Å². The number of amides is 2. The highest BCUT2D eigenvalue weighted by atomic mass is 19.4. The first-order valence-corrected chi connectivity index (χ1v) is 8.01. The van der Waals surface area contributed by atoms with Gasteiger partial charge >= 0.3 is 12.4 Å². The molecule has 0 fully saturated rings. The van der Waals surface area contributed by atoms with Crippen LogP contribution in [0.1, 0.15) is 23.6 Å². The third kappa shape index (κ3) is 6.37. The summed E-state index contributed by atoms with van der Waals surface area (Å²) in [6.45, 7) is 1.13. The summed E-state index contributed by atoms with van der Waals surface area (Å²) < 4.78 is 77.2. The molecule has 0 heterocycles. The Morgan fingerprint density at radius 3 is 2.00 bits per heavy atom. The van der Waals surface area contributed by atoms with E-state index in [4.69, 9.17) is 0 Å². The van der Waals surface area contributed by atoms with Crippen molar-refractivity contribution in [2.45, 2.75) is 19.3 Å². The molecule has 29 heavy (non-hydrogen) atoms. The van der Waals surface area contributed by atoms with Crippen LogP contribution in [0.15, 0.2) is 48.5 Å². The summed E-state index contributed by atoms with van der Waals surface area (Å²) in [4.78, 5) is 22.9. The maximum atomic E-state index is 13.2. The molecule has 2 amide bonds. The summed E-state index contributed by atoms with van der Waals surface area (Å²) in [5.41, 5.74) is -2.41. The number of nitrogens with one attached hydrogen (secondary N) is 2. The molecule has 2 N–H and O–H groups in total. The fraction of sp³-hybridized carbons (Fsp3) is 0.158. The van der Waals surface area contributed by atoms with Gasteiger partial charge in [-0.05, 0) is 42.0 Å². The zero-order valence-corrected chi connectivity index (χ0v) is 14.8. The van der Waals surface area contributed by atoms with Crippen LogP contribution in [0.4, 0.5) is 37.7 Å². The van der Waals surface area contributed by atoms with Crippen LogP contribution in [-0.2, 0) is 21.9 Å². The van der Waals surface area contributed by atoms with Gasteiger partial charge in [-0.1, -0.05) is 12.1 Å². The summed E-state index contributed by atoms with van der Waals surface area (Å²) in [6, 6.07) is 6.73. The number of halogens is 6. The summed E-state index contributed by atoms with van der Waals surface area (Å²) in [5.74, 6) is -1.47. The van der Waals surface area contributed by atoms with Gasteiger partial charge in [-0.15, -0.1) is 0 Å². The number of carbonyl (C=O) groups is 2. The van der Waals surface area contributed by atoms with Crippen molar-refractivity contribution in [2.75, 3.05) is 10.6 Å².